The Hall–Kier alpha value is -1.46. The van der Waals surface area contributed by atoms with Crippen LogP contribution >= 0.6 is 47.8 Å². The number of carbonyl (C=O) groups is 2. The summed E-state index contributed by atoms with van der Waals surface area (Å²) in [5, 5.41) is 10.6. The summed E-state index contributed by atoms with van der Waals surface area (Å²) in [6.07, 6.45) is 0. The predicted molar refractivity (Wildman–Crippen MR) is 85.1 cm³/mol. The zero-order valence-corrected chi connectivity index (χ0v) is 16.2. The quantitative estimate of drug-likeness (QED) is 0.250. The van der Waals surface area contributed by atoms with Gasteiger partial charge < -0.3 is 14.6 Å². The molecule has 11 heteroatoms. The van der Waals surface area contributed by atoms with Crippen molar-refractivity contribution in [2.75, 3.05) is 0 Å². The molecule has 4 nitrogen and oxygen atoms in total. The molecule has 132 valence electrons. The highest BCUT2D eigenvalue weighted by Crippen LogP contribution is 2.34. The van der Waals surface area contributed by atoms with Crippen LogP contribution in [0.3, 0.4) is 0 Å². The van der Waals surface area contributed by atoms with Crippen LogP contribution in [0.25, 0.3) is 0 Å². The van der Waals surface area contributed by atoms with Crippen LogP contribution in [0.4, 0.5) is 17.6 Å². The summed E-state index contributed by atoms with van der Waals surface area (Å²) in [5.41, 5.74) is -2.17. The largest absolute Gasteiger partial charge is 0.545 e. The van der Waals surface area contributed by atoms with E-state index in [0.29, 0.717) is 8.95 Å². The van der Waals surface area contributed by atoms with E-state index in [-0.39, 0.29) is 10.0 Å². The van der Waals surface area contributed by atoms with E-state index in [1.807, 2.05) is 0 Å². The zero-order chi connectivity index (χ0) is 19.0. The van der Waals surface area contributed by atoms with Gasteiger partial charge in [0.25, 0.3) is 0 Å². The van der Waals surface area contributed by atoms with Crippen molar-refractivity contribution in [3.8, 4) is 5.75 Å². The van der Waals surface area contributed by atoms with E-state index in [1.165, 1.54) is 12.1 Å². The Bertz CT molecular complexity index is 889. The van der Waals surface area contributed by atoms with Gasteiger partial charge in [-0.3, -0.25) is 0 Å². The highest BCUT2D eigenvalue weighted by atomic mass is 79.9. The van der Waals surface area contributed by atoms with Crippen molar-refractivity contribution >= 4 is 59.7 Å². The highest BCUT2D eigenvalue weighted by Gasteiger charge is 2.29. The number of benzene rings is 2. The van der Waals surface area contributed by atoms with Gasteiger partial charge in [-0.1, -0.05) is 15.9 Å². The van der Waals surface area contributed by atoms with Gasteiger partial charge in [0.15, 0.2) is 11.6 Å². The van der Waals surface area contributed by atoms with E-state index >= 15 is 0 Å². The first-order chi connectivity index (χ1) is 11.6. The highest BCUT2D eigenvalue weighted by molar-refractivity contribution is 9.13. The first-order valence-electron chi connectivity index (χ1n) is 6.00. The molecule has 2 rings (SSSR count). The first-order valence-corrected chi connectivity index (χ1v) is 8.38. The molecule has 2 aromatic carbocycles. The van der Waals surface area contributed by atoms with Crippen molar-refractivity contribution < 1.29 is 37.0 Å². The fraction of sp³-hybridized carbons (Fsp3) is 0. The molecule has 0 saturated heterocycles. The molecule has 0 bridgehead atoms. The monoisotopic (exact) mass is 547 g/mol. The molecule has 0 N–H and O–H groups in total. The van der Waals surface area contributed by atoms with Gasteiger partial charge >= 0.3 is 5.97 Å². The lowest BCUT2D eigenvalue weighted by Crippen LogP contribution is -2.27. The Morgan fingerprint density at radius 2 is 1.44 bits per heavy atom. The Morgan fingerprint density at radius 3 is 1.92 bits per heavy atom. The Kier molecular flexibility index (Phi) is 5.89. The molecule has 25 heavy (non-hydrogen) atoms. The topological polar surface area (TPSA) is 66.4 Å². The van der Waals surface area contributed by atoms with E-state index in [1.54, 1.807) is 0 Å². The standard InChI is InChI=1S/C14H3Br3F4O4/c15-3-1-4(7(17)5(16)2-3)14(24)25-12-10(20)8(18)6(13(22)23)9(19)11(12)21/h1-2H,(H,22,23)/p-1. The molecular weight excluding hydrogens is 548 g/mol. The second kappa shape index (κ2) is 7.42. The van der Waals surface area contributed by atoms with E-state index in [4.69, 9.17) is 0 Å². The number of hydrogen-bond acceptors (Lipinski definition) is 4. The molecule has 0 aliphatic carbocycles. The number of carbonyl (C=O) groups excluding carboxylic acids is 2. The molecule has 0 saturated carbocycles. The number of ether oxygens (including phenoxy) is 1. The third-order valence-electron chi connectivity index (χ3n) is 2.83. The Balaban J connectivity index is 2.55. The molecule has 0 fully saturated rings. The molecule has 0 amide bonds. The van der Waals surface area contributed by atoms with Crippen LogP contribution in [0.5, 0.6) is 5.75 Å². The van der Waals surface area contributed by atoms with Crippen molar-refractivity contribution in [3.05, 3.63) is 59.9 Å². The van der Waals surface area contributed by atoms with Crippen molar-refractivity contribution in [2.24, 2.45) is 0 Å². The molecule has 2 aromatic rings. The van der Waals surface area contributed by atoms with Crippen LogP contribution in [0.2, 0.25) is 0 Å². The summed E-state index contributed by atoms with van der Waals surface area (Å²) < 4.78 is 60.1. The summed E-state index contributed by atoms with van der Waals surface area (Å²) >= 11 is 9.22. The normalized spacial score (nSPS) is 10.7. The van der Waals surface area contributed by atoms with Crippen molar-refractivity contribution in [3.63, 3.8) is 0 Å². The molecular formula is C14H2Br3F4O4-. The molecule has 0 heterocycles. The molecule has 0 atom stereocenters. The number of hydrogen-bond donors (Lipinski definition) is 0. The predicted octanol–water partition coefficient (Wildman–Crippen LogP) is 4.11. The smallest absolute Gasteiger partial charge is 0.344 e. The van der Waals surface area contributed by atoms with Crippen LogP contribution in [0.1, 0.15) is 20.7 Å². The summed E-state index contributed by atoms with van der Waals surface area (Å²) in [6.45, 7) is 0. The molecule has 0 aliphatic heterocycles. The molecule has 0 radical (unpaired) electrons. The van der Waals surface area contributed by atoms with Gasteiger partial charge in [0.2, 0.25) is 17.4 Å². The van der Waals surface area contributed by atoms with Gasteiger partial charge in [-0.25, -0.2) is 13.6 Å². The average Bonchev–Trinajstić information content (AvgIpc) is 2.52. The van der Waals surface area contributed by atoms with E-state index in [0.717, 1.165) is 0 Å². The van der Waals surface area contributed by atoms with E-state index in [2.05, 4.69) is 52.5 Å². The summed E-state index contributed by atoms with van der Waals surface area (Å²) in [7, 11) is 0. The third kappa shape index (κ3) is 3.72. The van der Waals surface area contributed by atoms with Crippen LogP contribution < -0.4 is 9.84 Å². The van der Waals surface area contributed by atoms with E-state index < -0.39 is 46.5 Å². The average molecular weight is 550 g/mol. The lowest BCUT2D eigenvalue weighted by Gasteiger charge is -2.13. The lowest BCUT2D eigenvalue weighted by atomic mass is 10.1. The molecule has 0 unspecified atom stereocenters. The maximum Gasteiger partial charge on any atom is 0.344 e. The van der Waals surface area contributed by atoms with Crippen LogP contribution in [-0.2, 0) is 0 Å². The second-order valence-electron chi connectivity index (χ2n) is 4.39. The number of carboxylic acid groups (broad SMARTS) is 1. The minimum absolute atomic E-state index is 0.147. The lowest BCUT2D eigenvalue weighted by molar-refractivity contribution is -0.255. The van der Waals surface area contributed by atoms with Gasteiger partial charge in [-0.05, 0) is 44.0 Å². The SMILES string of the molecule is O=C(Oc1c(F)c(F)c(C(=O)[O-])c(F)c1F)c1cc(Br)cc(Br)c1Br. The van der Waals surface area contributed by atoms with Gasteiger partial charge in [-0.2, -0.15) is 8.78 Å². The molecule has 0 aliphatic rings. The summed E-state index contributed by atoms with van der Waals surface area (Å²) in [6, 6.07) is 2.76. The minimum atomic E-state index is -2.47. The maximum atomic E-state index is 13.8. The Morgan fingerprint density at radius 1 is 0.920 bits per heavy atom. The number of esters is 1. The van der Waals surface area contributed by atoms with Gasteiger partial charge in [-0.15, -0.1) is 0 Å². The fourth-order valence-electron chi connectivity index (χ4n) is 1.73. The second-order valence-corrected chi connectivity index (χ2v) is 6.95. The van der Waals surface area contributed by atoms with Crippen LogP contribution in [0, 0.1) is 23.3 Å². The van der Waals surface area contributed by atoms with Gasteiger partial charge in [0.05, 0.1) is 17.1 Å². The summed E-state index contributed by atoms with van der Waals surface area (Å²) in [5.74, 6) is -14.4. The van der Waals surface area contributed by atoms with Gasteiger partial charge in [0.1, 0.15) is 0 Å². The van der Waals surface area contributed by atoms with Crippen molar-refractivity contribution in [1.82, 2.24) is 0 Å². The van der Waals surface area contributed by atoms with E-state index in [9.17, 15) is 32.3 Å². The molecule has 0 spiro atoms. The van der Waals surface area contributed by atoms with Crippen LogP contribution in [0.15, 0.2) is 25.6 Å². The van der Waals surface area contributed by atoms with Crippen molar-refractivity contribution in [2.45, 2.75) is 0 Å². The zero-order valence-electron chi connectivity index (χ0n) is 11.4. The number of aromatic carboxylic acids is 1. The Labute approximate surface area is 162 Å². The third-order valence-corrected chi connectivity index (χ3v) is 5.30. The number of carboxylic acids is 1. The minimum Gasteiger partial charge on any atom is -0.545 e. The first kappa shape index (κ1) is 19.9. The van der Waals surface area contributed by atoms with Crippen LogP contribution in [-0.4, -0.2) is 11.9 Å². The number of rotatable bonds is 3. The number of halogens is 7. The molecule has 0 aromatic heterocycles. The summed E-state index contributed by atoms with van der Waals surface area (Å²) in [4.78, 5) is 22.7. The van der Waals surface area contributed by atoms with Gasteiger partial charge in [0, 0.05) is 13.4 Å². The maximum absolute atomic E-state index is 13.8. The fourth-order valence-corrected chi connectivity index (χ4v) is 3.35. The van der Waals surface area contributed by atoms with Crippen molar-refractivity contribution in [1.29, 1.82) is 0 Å².